The fourth-order valence-electron chi connectivity index (χ4n) is 3.93. The molecule has 1 amide bonds. The number of nitrogens with one attached hydrogen (secondary N) is 1. The maximum atomic E-state index is 13.2. The van der Waals surface area contributed by atoms with Gasteiger partial charge in [0.1, 0.15) is 11.6 Å². The first-order valence-corrected chi connectivity index (χ1v) is 10.9. The average molecular weight is 435 g/mol. The number of amides is 1. The summed E-state index contributed by atoms with van der Waals surface area (Å²) in [6.07, 6.45) is 1.64. The molecule has 1 saturated heterocycles. The molecule has 32 heavy (non-hydrogen) atoms. The van der Waals surface area contributed by atoms with Gasteiger partial charge >= 0.3 is 0 Å². The molecular formula is C25H27FN4O2. The van der Waals surface area contributed by atoms with Crippen molar-refractivity contribution in [2.75, 3.05) is 23.3 Å². The zero-order valence-electron chi connectivity index (χ0n) is 18.3. The number of piperidine rings is 1. The summed E-state index contributed by atoms with van der Waals surface area (Å²) in [5.74, 6) is 0.493. The first kappa shape index (κ1) is 21.7. The minimum absolute atomic E-state index is 0.0150. The van der Waals surface area contributed by atoms with Gasteiger partial charge in [-0.05, 0) is 66.8 Å². The van der Waals surface area contributed by atoms with E-state index in [1.807, 2.05) is 29.2 Å². The smallest absolute Gasteiger partial charge is 0.271 e. The summed E-state index contributed by atoms with van der Waals surface area (Å²) >= 11 is 0. The van der Waals surface area contributed by atoms with Crippen LogP contribution in [0.15, 0.2) is 65.5 Å². The Hall–Kier alpha value is -3.48. The highest BCUT2D eigenvalue weighted by Crippen LogP contribution is 2.23. The maximum absolute atomic E-state index is 13.2. The van der Waals surface area contributed by atoms with Crippen LogP contribution in [0.1, 0.15) is 38.2 Å². The summed E-state index contributed by atoms with van der Waals surface area (Å²) in [7, 11) is 0. The summed E-state index contributed by atoms with van der Waals surface area (Å²) in [5, 5.41) is 7.50. The molecule has 7 heteroatoms. The predicted molar refractivity (Wildman–Crippen MR) is 124 cm³/mol. The van der Waals surface area contributed by atoms with Gasteiger partial charge in [-0.25, -0.2) is 4.39 Å². The molecule has 1 fully saturated rings. The second-order valence-corrected chi connectivity index (χ2v) is 8.47. The molecule has 1 N–H and O–H groups in total. The number of halogens is 1. The van der Waals surface area contributed by atoms with E-state index < -0.39 is 0 Å². The fraction of sp³-hybridized carbons (Fsp3) is 0.320. The summed E-state index contributed by atoms with van der Waals surface area (Å²) in [4.78, 5) is 27.2. The van der Waals surface area contributed by atoms with Gasteiger partial charge in [0.25, 0.3) is 5.56 Å². The highest BCUT2D eigenvalue weighted by molar-refractivity contribution is 5.93. The summed E-state index contributed by atoms with van der Waals surface area (Å²) < 4.78 is 14.5. The molecule has 1 aliphatic rings. The number of anilines is 2. The van der Waals surface area contributed by atoms with E-state index in [1.165, 1.54) is 40.6 Å². The predicted octanol–water partition coefficient (Wildman–Crippen LogP) is 4.35. The zero-order chi connectivity index (χ0) is 22.7. The van der Waals surface area contributed by atoms with Gasteiger partial charge < -0.3 is 10.2 Å². The normalized spacial score (nSPS) is 16.2. The Morgan fingerprint density at radius 1 is 1.06 bits per heavy atom. The van der Waals surface area contributed by atoms with Crippen LogP contribution in [0.4, 0.5) is 15.9 Å². The molecule has 166 valence electrons. The largest absolute Gasteiger partial charge is 0.354 e. The van der Waals surface area contributed by atoms with Gasteiger partial charge in [-0.15, -0.1) is 5.10 Å². The van der Waals surface area contributed by atoms with Gasteiger partial charge in [0.15, 0.2) is 0 Å². The lowest BCUT2D eigenvalue weighted by Gasteiger charge is -2.33. The quantitative estimate of drug-likeness (QED) is 0.648. The second-order valence-electron chi connectivity index (χ2n) is 8.47. The Bertz CT molecular complexity index is 1140. The lowest BCUT2D eigenvalue weighted by molar-refractivity contribution is -0.120. The number of carbonyl (C=O) groups is 1. The molecule has 1 atom stereocenters. The number of hydrogen-bond acceptors (Lipinski definition) is 4. The molecule has 0 bridgehead atoms. The van der Waals surface area contributed by atoms with E-state index in [0.717, 1.165) is 25.1 Å². The SMILES string of the molecule is CC(C)c1ccc(NC(=O)C2CCCN(c3ccc(=O)n(-c4ccc(F)cc4)n3)C2)cc1. The van der Waals surface area contributed by atoms with E-state index in [2.05, 4.69) is 24.3 Å². The van der Waals surface area contributed by atoms with Crippen molar-refractivity contribution in [1.29, 1.82) is 0 Å². The Morgan fingerprint density at radius 3 is 2.47 bits per heavy atom. The van der Waals surface area contributed by atoms with Gasteiger partial charge in [-0.1, -0.05) is 26.0 Å². The minimum atomic E-state index is -0.373. The molecule has 1 unspecified atom stereocenters. The lowest BCUT2D eigenvalue weighted by Crippen LogP contribution is -2.41. The third-order valence-corrected chi connectivity index (χ3v) is 5.82. The lowest BCUT2D eigenvalue weighted by atomic mass is 9.97. The van der Waals surface area contributed by atoms with Crippen molar-refractivity contribution in [3.05, 3.63) is 82.4 Å². The zero-order valence-corrected chi connectivity index (χ0v) is 18.3. The van der Waals surface area contributed by atoms with Crippen molar-refractivity contribution in [3.63, 3.8) is 0 Å². The van der Waals surface area contributed by atoms with E-state index in [9.17, 15) is 14.0 Å². The van der Waals surface area contributed by atoms with E-state index >= 15 is 0 Å². The monoisotopic (exact) mass is 434 g/mol. The number of carbonyl (C=O) groups excluding carboxylic acids is 1. The number of hydrogen-bond donors (Lipinski definition) is 1. The van der Waals surface area contributed by atoms with Crippen LogP contribution in [0.25, 0.3) is 5.69 Å². The Morgan fingerprint density at radius 2 is 1.78 bits per heavy atom. The van der Waals surface area contributed by atoms with Crippen LogP contribution >= 0.6 is 0 Å². The van der Waals surface area contributed by atoms with E-state index in [4.69, 9.17) is 0 Å². The molecule has 6 nitrogen and oxygen atoms in total. The number of rotatable bonds is 5. The summed E-state index contributed by atoms with van der Waals surface area (Å²) in [6, 6.07) is 16.7. The molecule has 0 saturated carbocycles. The van der Waals surface area contributed by atoms with E-state index in [1.54, 1.807) is 6.07 Å². The molecule has 2 aromatic carbocycles. The molecule has 0 aliphatic carbocycles. The topological polar surface area (TPSA) is 67.2 Å². The molecule has 2 heterocycles. The van der Waals surface area contributed by atoms with Crippen molar-refractivity contribution in [2.45, 2.75) is 32.6 Å². The molecular weight excluding hydrogens is 407 g/mol. The molecule has 1 aliphatic heterocycles. The molecule has 0 spiro atoms. The number of benzene rings is 2. The van der Waals surface area contributed by atoms with Crippen LogP contribution in [0.5, 0.6) is 0 Å². The first-order chi connectivity index (χ1) is 15.4. The molecule has 3 aromatic rings. The third-order valence-electron chi connectivity index (χ3n) is 5.82. The van der Waals surface area contributed by atoms with E-state index in [-0.39, 0.29) is 23.2 Å². The van der Waals surface area contributed by atoms with Crippen molar-refractivity contribution in [2.24, 2.45) is 5.92 Å². The highest BCUT2D eigenvalue weighted by Gasteiger charge is 2.27. The van der Waals surface area contributed by atoms with Gasteiger partial charge in [0, 0.05) is 24.8 Å². The van der Waals surface area contributed by atoms with Gasteiger partial charge in [-0.2, -0.15) is 4.68 Å². The first-order valence-electron chi connectivity index (χ1n) is 10.9. The van der Waals surface area contributed by atoms with Crippen LogP contribution in [0.3, 0.4) is 0 Å². The summed E-state index contributed by atoms with van der Waals surface area (Å²) in [5.41, 5.74) is 2.22. The number of aromatic nitrogens is 2. The third kappa shape index (κ3) is 4.88. The van der Waals surface area contributed by atoms with Gasteiger partial charge in [0.2, 0.25) is 5.91 Å². The Labute approximate surface area is 186 Å². The van der Waals surface area contributed by atoms with E-state index in [0.29, 0.717) is 24.0 Å². The van der Waals surface area contributed by atoms with Crippen LogP contribution in [0, 0.1) is 11.7 Å². The van der Waals surface area contributed by atoms with Crippen LogP contribution < -0.4 is 15.8 Å². The van der Waals surface area contributed by atoms with Crippen molar-refractivity contribution < 1.29 is 9.18 Å². The maximum Gasteiger partial charge on any atom is 0.271 e. The second kappa shape index (κ2) is 9.34. The summed E-state index contributed by atoms with van der Waals surface area (Å²) in [6.45, 7) is 5.54. The molecule has 4 rings (SSSR count). The Kier molecular flexibility index (Phi) is 6.35. The molecule has 0 radical (unpaired) electrons. The van der Waals surface area contributed by atoms with Crippen molar-refractivity contribution >= 4 is 17.4 Å². The minimum Gasteiger partial charge on any atom is -0.354 e. The van der Waals surface area contributed by atoms with Crippen LogP contribution in [-0.2, 0) is 4.79 Å². The standard InChI is InChI=1S/C25H27FN4O2/c1-17(2)18-5-9-21(10-6-18)27-25(32)19-4-3-15-29(16-19)23-13-14-24(31)30(28-23)22-11-7-20(26)8-12-22/h5-14,17,19H,3-4,15-16H2,1-2H3,(H,27,32). The fourth-order valence-corrected chi connectivity index (χ4v) is 3.93. The van der Waals surface area contributed by atoms with Crippen LogP contribution in [-0.4, -0.2) is 28.8 Å². The van der Waals surface area contributed by atoms with Gasteiger partial charge in [0.05, 0.1) is 11.6 Å². The highest BCUT2D eigenvalue weighted by atomic mass is 19.1. The number of nitrogens with zero attached hydrogens (tertiary/aromatic N) is 3. The van der Waals surface area contributed by atoms with Crippen molar-refractivity contribution in [3.8, 4) is 5.69 Å². The Balaban J connectivity index is 1.47. The van der Waals surface area contributed by atoms with Crippen molar-refractivity contribution in [1.82, 2.24) is 9.78 Å². The van der Waals surface area contributed by atoms with Gasteiger partial charge in [-0.3, -0.25) is 9.59 Å². The molecule has 1 aromatic heterocycles. The van der Waals surface area contributed by atoms with Crippen LogP contribution in [0.2, 0.25) is 0 Å². The average Bonchev–Trinajstić information content (AvgIpc) is 2.80.